The Bertz CT molecular complexity index is 413. The fourth-order valence-corrected chi connectivity index (χ4v) is 2.27. The molecule has 1 aromatic rings. The van der Waals surface area contributed by atoms with E-state index in [4.69, 9.17) is 4.74 Å². The van der Waals surface area contributed by atoms with Crippen LogP contribution in [0.5, 0.6) is 5.75 Å². The third-order valence-corrected chi connectivity index (χ3v) is 3.70. The lowest BCUT2D eigenvalue weighted by Crippen LogP contribution is -2.30. The summed E-state index contributed by atoms with van der Waals surface area (Å²) in [4.78, 5) is 0. The van der Waals surface area contributed by atoms with Gasteiger partial charge in [-0.2, -0.15) is 13.2 Å². The van der Waals surface area contributed by atoms with Crippen molar-refractivity contribution in [2.24, 2.45) is 11.8 Å². The fourth-order valence-electron chi connectivity index (χ4n) is 2.27. The van der Waals surface area contributed by atoms with Gasteiger partial charge in [0, 0.05) is 12.5 Å². The number of hydrogen-bond acceptors (Lipinski definition) is 2. The van der Waals surface area contributed by atoms with Crippen molar-refractivity contribution in [3.8, 4) is 5.75 Å². The van der Waals surface area contributed by atoms with E-state index in [1.165, 1.54) is 18.2 Å². The van der Waals surface area contributed by atoms with E-state index in [9.17, 15) is 18.3 Å². The first kappa shape index (κ1) is 14.2. The van der Waals surface area contributed by atoms with Gasteiger partial charge in [-0.3, -0.25) is 0 Å². The SMILES string of the molecule is OCC(COc1ccccc1C(F)(F)F)C1CCC1. The van der Waals surface area contributed by atoms with Crippen molar-refractivity contribution in [1.82, 2.24) is 0 Å². The van der Waals surface area contributed by atoms with Crippen LogP contribution >= 0.6 is 0 Å². The second-order valence-electron chi connectivity index (χ2n) is 4.94. The van der Waals surface area contributed by atoms with Gasteiger partial charge in [-0.25, -0.2) is 0 Å². The van der Waals surface area contributed by atoms with Crippen molar-refractivity contribution in [2.45, 2.75) is 25.4 Å². The summed E-state index contributed by atoms with van der Waals surface area (Å²) in [5.74, 6) is 0.144. The Morgan fingerprint density at radius 3 is 2.47 bits per heavy atom. The zero-order chi connectivity index (χ0) is 13.9. The van der Waals surface area contributed by atoms with Crippen molar-refractivity contribution in [3.63, 3.8) is 0 Å². The highest BCUT2D eigenvalue weighted by Gasteiger charge is 2.34. The van der Waals surface area contributed by atoms with Crippen LogP contribution in [-0.2, 0) is 6.18 Å². The predicted molar refractivity (Wildman–Crippen MR) is 64.9 cm³/mol. The van der Waals surface area contributed by atoms with Gasteiger partial charge in [-0.1, -0.05) is 18.6 Å². The first-order valence-electron chi connectivity index (χ1n) is 6.42. The van der Waals surface area contributed by atoms with E-state index in [1.54, 1.807) is 0 Å². The van der Waals surface area contributed by atoms with Gasteiger partial charge < -0.3 is 9.84 Å². The van der Waals surface area contributed by atoms with Crippen LogP contribution in [0.3, 0.4) is 0 Å². The van der Waals surface area contributed by atoms with Crippen molar-refractivity contribution in [1.29, 1.82) is 0 Å². The Balaban J connectivity index is 2.02. The monoisotopic (exact) mass is 274 g/mol. The first-order chi connectivity index (χ1) is 9.02. The number of hydrogen-bond donors (Lipinski definition) is 1. The molecule has 0 saturated heterocycles. The number of ether oxygens (including phenoxy) is 1. The number of alkyl halides is 3. The Kier molecular flexibility index (Phi) is 4.34. The summed E-state index contributed by atoms with van der Waals surface area (Å²) < 4.78 is 43.6. The summed E-state index contributed by atoms with van der Waals surface area (Å²) in [6.45, 7) is 0.0904. The molecule has 5 heteroatoms. The van der Waals surface area contributed by atoms with Crippen molar-refractivity contribution >= 4 is 0 Å². The fraction of sp³-hybridized carbons (Fsp3) is 0.571. The molecule has 0 amide bonds. The number of aliphatic hydroxyl groups is 1. The van der Waals surface area contributed by atoms with Crippen molar-refractivity contribution < 1.29 is 23.0 Å². The summed E-state index contributed by atoms with van der Waals surface area (Å²) in [6.07, 6.45) is -1.24. The molecule has 2 nitrogen and oxygen atoms in total. The van der Waals surface area contributed by atoms with Crippen LogP contribution in [0.25, 0.3) is 0 Å². The quantitative estimate of drug-likeness (QED) is 0.890. The zero-order valence-corrected chi connectivity index (χ0v) is 10.5. The average molecular weight is 274 g/mol. The van der Waals surface area contributed by atoms with Gasteiger partial charge in [0.2, 0.25) is 0 Å². The normalized spacial score (nSPS) is 17.9. The van der Waals surface area contributed by atoms with Crippen LogP contribution in [0.2, 0.25) is 0 Å². The van der Waals surface area contributed by atoms with Crippen LogP contribution < -0.4 is 4.74 Å². The maximum absolute atomic E-state index is 12.8. The summed E-state index contributed by atoms with van der Waals surface area (Å²) >= 11 is 0. The number of benzene rings is 1. The van der Waals surface area contributed by atoms with Crippen molar-refractivity contribution in [3.05, 3.63) is 29.8 Å². The zero-order valence-electron chi connectivity index (χ0n) is 10.5. The summed E-state index contributed by atoms with van der Waals surface area (Å²) in [5, 5.41) is 9.27. The van der Waals surface area contributed by atoms with Crippen LogP contribution in [0.15, 0.2) is 24.3 Å². The summed E-state index contributed by atoms with van der Waals surface area (Å²) in [6, 6.07) is 5.18. The molecule has 0 aliphatic heterocycles. The molecule has 106 valence electrons. The van der Waals surface area contributed by atoms with E-state index in [2.05, 4.69) is 0 Å². The minimum atomic E-state index is -4.41. The van der Waals surface area contributed by atoms with E-state index in [1.807, 2.05) is 0 Å². The van der Waals surface area contributed by atoms with Gasteiger partial charge in [0.25, 0.3) is 0 Å². The molecule has 1 saturated carbocycles. The summed E-state index contributed by atoms with van der Waals surface area (Å²) in [5.41, 5.74) is -0.764. The molecule has 1 unspecified atom stereocenters. The Labute approximate surface area is 110 Å². The van der Waals surface area contributed by atoms with Crippen LogP contribution in [-0.4, -0.2) is 18.3 Å². The second kappa shape index (κ2) is 5.82. The smallest absolute Gasteiger partial charge is 0.419 e. The minimum Gasteiger partial charge on any atom is -0.493 e. The third-order valence-electron chi connectivity index (χ3n) is 3.70. The molecule has 2 rings (SSSR count). The lowest BCUT2D eigenvalue weighted by Gasteiger charge is -2.32. The highest BCUT2D eigenvalue weighted by Crippen LogP contribution is 2.37. The number of halogens is 3. The van der Waals surface area contributed by atoms with Crippen LogP contribution in [0.4, 0.5) is 13.2 Å². The number of aliphatic hydroxyl groups excluding tert-OH is 1. The highest BCUT2D eigenvalue weighted by molar-refractivity contribution is 5.35. The van der Waals surface area contributed by atoms with Gasteiger partial charge in [0.05, 0.1) is 12.2 Å². The Hall–Kier alpha value is -1.23. The molecule has 1 atom stereocenters. The largest absolute Gasteiger partial charge is 0.493 e. The predicted octanol–water partition coefficient (Wildman–Crippen LogP) is 3.49. The minimum absolute atomic E-state index is 0.0428. The lowest BCUT2D eigenvalue weighted by atomic mass is 9.76. The average Bonchev–Trinajstić information content (AvgIpc) is 2.31. The molecule has 19 heavy (non-hydrogen) atoms. The second-order valence-corrected chi connectivity index (χ2v) is 4.94. The number of rotatable bonds is 5. The standard InChI is InChI=1S/C14H17F3O2/c15-14(16,17)12-6-1-2-7-13(12)19-9-11(8-18)10-4-3-5-10/h1-2,6-7,10-11,18H,3-5,8-9H2. The molecule has 1 aliphatic rings. The lowest BCUT2D eigenvalue weighted by molar-refractivity contribution is -0.139. The molecule has 0 heterocycles. The molecule has 0 aromatic heterocycles. The van der Waals surface area contributed by atoms with Crippen molar-refractivity contribution in [2.75, 3.05) is 13.2 Å². The summed E-state index contributed by atoms with van der Waals surface area (Å²) in [7, 11) is 0. The Morgan fingerprint density at radius 2 is 1.95 bits per heavy atom. The van der Waals surface area contributed by atoms with Gasteiger partial charge in [0.1, 0.15) is 5.75 Å². The van der Waals surface area contributed by atoms with E-state index >= 15 is 0 Å². The van der Waals surface area contributed by atoms with E-state index < -0.39 is 11.7 Å². The maximum atomic E-state index is 12.8. The van der Waals surface area contributed by atoms with Gasteiger partial charge in [-0.05, 0) is 30.9 Å². The van der Waals surface area contributed by atoms with Crippen LogP contribution in [0, 0.1) is 11.8 Å². The molecule has 1 fully saturated rings. The molecule has 1 N–H and O–H groups in total. The van der Waals surface area contributed by atoms with Crippen LogP contribution in [0.1, 0.15) is 24.8 Å². The highest BCUT2D eigenvalue weighted by atomic mass is 19.4. The van der Waals surface area contributed by atoms with Gasteiger partial charge in [-0.15, -0.1) is 0 Å². The molecule has 0 spiro atoms. The first-order valence-corrected chi connectivity index (χ1v) is 6.42. The third kappa shape index (κ3) is 3.41. The molecule has 1 aliphatic carbocycles. The maximum Gasteiger partial charge on any atom is 0.419 e. The Morgan fingerprint density at radius 1 is 1.26 bits per heavy atom. The van der Waals surface area contributed by atoms with E-state index in [0.717, 1.165) is 25.3 Å². The van der Waals surface area contributed by atoms with E-state index in [0.29, 0.717) is 5.92 Å². The van der Waals surface area contributed by atoms with E-state index in [-0.39, 0.29) is 24.9 Å². The van der Waals surface area contributed by atoms with Gasteiger partial charge >= 0.3 is 6.18 Å². The molecule has 1 aromatic carbocycles. The topological polar surface area (TPSA) is 29.5 Å². The molecular formula is C14H17F3O2. The molecule has 0 bridgehead atoms. The number of para-hydroxylation sites is 1. The molecular weight excluding hydrogens is 257 g/mol. The van der Waals surface area contributed by atoms with Gasteiger partial charge in [0.15, 0.2) is 0 Å². The molecule has 0 radical (unpaired) electrons.